The summed E-state index contributed by atoms with van der Waals surface area (Å²) in [6, 6.07) is 4.75. The van der Waals surface area contributed by atoms with E-state index in [0.717, 1.165) is 0 Å². The van der Waals surface area contributed by atoms with Gasteiger partial charge in [-0.25, -0.2) is 9.59 Å². The molecule has 1 aromatic rings. The molecule has 0 spiro atoms. The number of rotatable bonds is 3. The van der Waals surface area contributed by atoms with Crippen molar-refractivity contribution in [3.05, 3.63) is 23.8 Å². The summed E-state index contributed by atoms with van der Waals surface area (Å²) in [5.74, 6) is -0.928. The number of carbonyl (C=O) groups excluding carboxylic acids is 2. The van der Waals surface area contributed by atoms with E-state index in [1.165, 1.54) is 13.2 Å². The van der Waals surface area contributed by atoms with E-state index in [1.54, 1.807) is 12.1 Å². The van der Waals surface area contributed by atoms with E-state index >= 15 is 0 Å². The Hall–Kier alpha value is -2.24. The summed E-state index contributed by atoms with van der Waals surface area (Å²) < 4.78 is 14.8. The van der Waals surface area contributed by atoms with Gasteiger partial charge in [-0.3, -0.25) is 0 Å². The monoisotopic (exact) mass is 251 g/mol. The van der Waals surface area contributed by atoms with E-state index in [4.69, 9.17) is 19.9 Å². The summed E-state index contributed by atoms with van der Waals surface area (Å²) in [6.45, 7) is 0.269. The average Bonchev–Trinajstić information content (AvgIpc) is 2.74. The molecule has 1 atom stereocenters. The van der Waals surface area contributed by atoms with E-state index in [2.05, 4.69) is 0 Å². The fourth-order valence-electron chi connectivity index (χ4n) is 1.72. The molecule has 2 N–H and O–H groups in total. The number of methoxy groups -OCH3 is 1. The maximum atomic E-state index is 11.9. The minimum atomic E-state index is -0.844. The SMILES string of the molecule is COc1c(N)cccc1C(=O)OC1CCOC1=O. The van der Waals surface area contributed by atoms with E-state index < -0.39 is 18.0 Å². The Kier molecular flexibility index (Phi) is 3.36. The first-order valence-electron chi connectivity index (χ1n) is 5.43. The van der Waals surface area contributed by atoms with Gasteiger partial charge in [-0.05, 0) is 12.1 Å². The third kappa shape index (κ3) is 2.22. The highest BCUT2D eigenvalue weighted by atomic mass is 16.6. The number of ether oxygens (including phenoxy) is 3. The molecular formula is C12H13NO5. The number of nitrogens with two attached hydrogens (primary N) is 1. The van der Waals surface area contributed by atoms with Gasteiger partial charge in [-0.1, -0.05) is 6.07 Å². The second-order valence-corrected chi connectivity index (χ2v) is 3.78. The first-order valence-corrected chi connectivity index (χ1v) is 5.43. The van der Waals surface area contributed by atoms with Gasteiger partial charge in [0.1, 0.15) is 5.56 Å². The number of benzene rings is 1. The molecular weight excluding hydrogens is 238 g/mol. The van der Waals surface area contributed by atoms with Gasteiger partial charge in [0.2, 0.25) is 6.10 Å². The predicted molar refractivity (Wildman–Crippen MR) is 62.2 cm³/mol. The van der Waals surface area contributed by atoms with Crippen LogP contribution < -0.4 is 10.5 Å². The average molecular weight is 251 g/mol. The molecule has 0 aliphatic carbocycles. The number of esters is 2. The first kappa shape index (κ1) is 12.2. The summed E-state index contributed by atoms with van der Waals surface area (Å²) in [5.41, 5.74) is 6.21. The Morgan fingerprint density at radius 1 is 1.50 bits per heavy atom. The van der Waals surface area contributed by atoms with Gasteiger partial charge in [-0.2, -0.15) is 0 Å². The molecule has 1 aliphatic heterocycles. The van der Waals surface area contributed by atoms with Crippen LogP contribution in [0.4, 0.5) is 5.69 Å². The zero-order valence-corrected chi connectivity index (χ0v) is 9.84. The van der Waals surface area contributed by atoms with Crippen LogP contribution in [0.15, 0.2) is 18.2 Å². The van der Waals surface area contributed by atoms with Crippen molar-refractivity contribution in [3.8, 4) is 5.75 Å². The van der Waals surface area contributed by atoms with Crippen LogP contribution in [-0.2, 0) is 14.3 Å². The molecule has 1 unspecified atom stereocenters. The van der Waals surface area contributed by atoms with Gasteiger partial charge in [0.05, 0.1) is 19.4 Å². The van der Waals surface area contributed by atoms with Crippen molar-refractivity contribution in [2.24, 2.45) is 0 Å². The molecule has 6 nitrogen and oxygen atoms in total. The minimum absolute atomic E-state index is 0.192. The van der Waals surface area contributed by atoms with E-state index in [1.807, 2.05) is 0 Å². The van der Waals surface area contributed by atoms with Crippen molar-refractivity contribution < 1.29 is 23.8 Å². The van der Waals surface area contributed by atoms with Crippen LogP contribution in [0.3, 0.4) is 0 Å². The van der Waals surface area contributed by atoms with Crippen molar-refractivity contribution in [3.63, 3.8) is 0 Å². The third-order valence-corrected chi connectivity index (χ3v) is 2.61. The first-order chi connectivity index (χ1) is 8.63. The molecule has 2 rings (SSSR count). The molecule has 1 aromatic carbocycles. The van der Waals surface area contributed by atoms with E-state index in [0.29, 0.717) is 12.1 Å². The highest BCUT2D eigenvalue weighted by molar-refractivity contribution is 5.96. The normalized spacial score (nSPS) is 18.3. The summed E-state index contributed by atoms with van der Waals surface area (Å²) in [6.07, 6.45) is -0.474. The smallest absolute Gasteiger partial charge is 0.347 e. The molecule has 0 bridgehead atoms. The molecule has 0 radical (unpaired) electrons. The van der Waals surface area contributed by atoms with Crippen LogP contribution >= 0.6 is 0 Å². The molecule has 0 aromatic heterocycles. The maximum absolute atomic E-state index is 11.9. The number of anilines is 1. The van der Waals surface area contributed by atoms with Crippen LogP contribution in [0.25, 0.3) is 0 Å². The van der Waals surface area contributed by atoms with Gasteiger partial charge >= 0.3 is 11.9 Å². The van der Waals surface area contributed by atoms with Crippen LogP contribution in [0.1, 0.15) is 16.8 Å². The second kappa shape index (κ2) is 4.95. The zero-order valence-electron chi connectivity index (χ0n) is 9.84. The lowest BCUT2D eigenvalue weighted by molar-refractivity contribution is -0.145. The quantitative estimate of drug-likeness (QED) is 0.630. The van der Waals surface area contributed by atoms with Crippen molar-refractivity contribution in [1.82, 2.24) is 0 Å². The molecule has 18 heavy (non-hydrogen) atoms. The predicted octanol–water partition coefficient (Wildman–Crippen LogP) is 0.750. The van der Waals surface area contributed by atoms with Gasteiger partial charge < -0.3 is 19.9 Å². The Labute approximate surface area is 104 Å². The summed E-state index contributed by atoms with van der Waals surface area (Å²) in [7, 11) is 1.41. The van der Waals surface area contributed by atoms with Crippen molar-refractivity contribution in [2.75, 3.05) is 19.5 Å². The van der Waals surface area contributed by atoms with Crippen LogP contribution in [-0.4, -0.2) is 31.8 Å². The highest BCUT2D eigenvalue weighted by Crippen LogP contribution is 2.27. The van der Waals surface area contributed by atoms with Gasteiger partial charge in [0, 0.05) is 6.42 Å². The Morgan fingerprint density at radius 2 is 2.28 bits per heavy atom. The number of hydrogen-bond donors (Lipinski definition) is 1. The molecule has 0 amide bonds. The van der Waals surface area contributed by atoms with Gasteiger partial charge in [-0.15, -0.1) is 0 Å². The molecule has 6 heteroatoms. The Morgan fingerprint density at radius 3 is 2.89 bits per heavy atom. The Bertz CT molecular complexity index is 485. The van der Waals surface area contributed by atoms with Gasteiger partial charge in [0.25, 0.3) is 0 Å². The fourth-order valence-corrected chi connectivity index (χ4v) is 1.72. The van der Waals surface area contributed by atoms with E-state index in [-0.39, 0.29) is 17.9 Å². The van der Waals surface area contributed by atoms with Crippen LogP contribution in [0.5, 0.6) is 5.75 Å². The lowest BCUT2D eigenvalue weighted by atomic mass is 10.1. The number of hydrogen-bond acceptors (Lipinski definition) is 6. The molecule has 1 heterocycles. The number of carbonyl (C=O) groups is 2. The fraction of sp³-hybridized carbons (Fsp3) is 0.333. The maximum Gasteiger partial charge on any atom is 0.347 e. The number of para-hydroxylation sites is 1. The summed E-state index contributed by atoms with van der Waals surface area (Å²) >= 11 is 0. The van der Waals surface area contributed by atoms with E-state index in [9.17, 15) is 9.59 Å². The largest absolute Gasteiger partial charge is 0.494 e. The summed E-state index contributed by atoms with van der Waals surface area (Å²) in [5, 5.41) is 0. The highest BCUT2D eigenvalue weighted by Gasteiger charge is 2.31. The van der Waals surface area contributed by atoms with Crippen molar-refractivity contribution in [1.29, 1.82) is 0 Å². The summed E-state index contributed by atoms with van der Waals surface area (Å²) in [4.78, 5) is 23.1. The topological polar surface area (TPSA) is 87.8 Å². The molecule has 1 fully saturated rings. The lowest BCUT2D eigenvalue weighted by Crippen LogP contribution is -2.23. The molecule has 1 saturated heterocycles. The third-order valence-electron chi connectivity index (χ3n) is 2.61. The Balaban J connectivity index is 2.18. The molecule has 96 valence electrons. The minimum Gasteiger partial charge on any atom is -0.494 e. The second-order valence-electron chi connectivity index (χ2n) is 3.78. The number of nitrogen functional groups attached to an aromatic ring is 1. The standard InChI is InChI=1S/C12H13NO5/c1-16-10-7(3-2-4-8(10)13)11(14)18-9-5-6-17-12(9)15/h2-4,9H,5-6,13H2,1H3. The van der Waals surface area contributed by atoms with Crippen LogP contribution in [0, 0.1) is 0 Å². The van der Waals surface area contributed by atoms with Crippen LogP contribution in [0.2, 0.25) is 0 Å². The van der Waals surface area contributed by atoms with Gasteiger partial charge in [0.15, 0.2) is 5.75 Å². The zero-order chi connectivity index (χ0) is 13.1. The lowest BCUT2D eigenvalue weighted by Gasteiger charge is -2.12. The molecule has 0 saturated carbocycles. The molecule has 1 aliphatic rings. The van der Waals surface area contributed by atoms with Crippen molar-refractivity contribution in [2.45, 2.75) is 12.5 Å². The van der Waals surface area contributed by atoms with Crippen molar-refractivity contribution >= 4 is 17.6 Å². The number of cyclic esters (lactones) is 1.